The maximum Gasteiger partial charge on any atom is 0.246 e. The fourth-order valence-corrected chi connectivity index (χ4v) is 3.67. The Hall–Kier alpha value is -1.54. The average molecular weight is 447 g/mol. The van der Waals surface area contributed by atoms with E-state index in [2.05, 4.69) is 21.6 Å². The molecule has 9 heteroatoms. The molecule has 29 heavy (non-hydrogen) atoms. The Labute approximate surface area is 184 Å². The number of nitrogens with zero attached hydrogens (tertiary/aromatic N) is 1. The first kappa shape index (κ1) is 25.5. The molecule has 2 saturated heterocycles. The maximum atomic E-state index is 12.5. The number of halogens is 2. The van der Waals surface area contributed by atoms with Crippen LogP contribution in [-0.2, 0) is 14.3 Å². The van der Waals surface area contributed by atoms with E-state index >= 15 is 0 Å². The number of benzene rings is 1. The standard InChI is InChI=1S/C20H30N4O3.2ClH/c1-14(22-20(26)18(21)15-7-11-27-12-8-15)19(25)23-16-5-4-6-17(13-16)24-9-2-3-10-24;;/h4-6,13-15,18H,2-3,7-12,21H2,1H3,(H,22,26)(H,23,25);2*1H. The molecule has 164 valence electrons. The highest BCUT2D eigenvalue weighted by Gasteiger charge is 2.28. The van der Waals surface area contributed by atoms with E-state index in [9.17, 15) is 9.59 Å². The lowest BCUT2D eigenvalue weighted by Crippen LogP contribution is -2.52. The van der Waals surface area contributed by atoms with Gasteiger partial charge in [0.2, 0.25) is 11.8 Å². The largest absolute Gasteiger partial charge is 0.381 e. The topological polar surface area (TPSA) is 96.7 Å². The Morgan fingerprint density at radius 3 is 2.45 bits per heavy atom. The molecule has 2 aliphatic heterocycles. The van der Waals surface area contributed by atoms with E-state index in [0.717, 1.165) is 37.3 Å². The van der Waals surface area contributed by atoms with Crippen LogP contribution in [-0.4, -0.2) is 50.2 Å². The number of carbonyl (C=O) groups excluding carboxylic acids is 2. The quantitative estimate of drug-likeness (QED) is 0.622. The summed E-state index contributed by atoms with van der Waals surface area (Å²) in [6.45, 7) is 5.04. The highest BCUT2D eigenvalue weighted by molar-refractivity contribution is 5.97. The van der Waals surface area contributed by atoms with E-state index in [4.69, 9.17) is 10.5 Å². The lowest BCUT2D eigenvalue weighted by molar-refractivity contribution is -0.128. The van der Waals surface area contributed by atoms with Gasteiger partial charge in [0.15, 0.2) is 0 Å². The first-order valence-corrected chi connectivity index (χ1v) is 9.84. The van der Waals surface area contributed by atoms with Crippen LogP contribution in [0.2, 0.25) is 0 Å². The summed E-state index contributed by atoms with van der Waals surface area (Å²) in [7, 11) is 0. The molecule has 2 fully saturated rings. The van der Waals surface area contributed by atoms with E-state index in [1.54, 1.807) is 6.92 Å². The van der Waals surface area contributed by atoms with Crippen molar-refractivity contribution in [3.63, 3.8) is 0 Å². The van der Waals surface area contributed by atoms with Gasteiger partial charge in [0, 0.05) is 37.7 Å². The number of ether oxygens (including phenoxy) is 1. The van der Waals surface area contributed by atoms with Crippen LogP contribution in [0.15, 0.2) is 24.3 Å². The van der Waals surface area contributed by atoms with Gasteiger partial charge in [-0.15, -0.1) is 24.8 Å². The van der Waals surface area contributed by atoms with Crippen LogP contribution in [0.4, 0.5) is 11.4 Å². The second-order valence-corrected chi connectivity index (χ2v) is 7.44. The van der Waals surface area contributed by atoms with E-state index < -0.39 is 12.1 Å². The lowest BCUT2D eigenvalue weighted by atomic mass is 9.91. The summed E-state index contributed by atoms with van der Waals surface area (Å²) in [6, 6.07) is 6.57. The zero-order valence-electron chi connectivity index (χ0n) is 16.8. The first-order chi connectivity index (χ1) is 13.0. The van der Waals surface area contributed by atoms with Crippen molar-refractivity contribution in [2.75, 3.05) is 36.5 Å². The third-order valence-corrected chi connectivity index (χ3v) is 5.41. The third kappa shape index (κ3) is 7.03. The van der Waals surface area contributed by atoms with Crippen LogP contribution in [0, 0.1) is 5.92 Å². The van der Waals surface area contributed by atoms with E-state index in [-0.39, 0.29) is 42.5 Å². The van der Waals surface area contributed by atoms with Gasteiger partial charge < -0.3 is 26.0 Å². The van der Waals surface area contributed by atoms with Crippen molar-refractivity contribution in [2.45, 2.75) is 44.7 Å². The number of hydrogen-bond acceptors (Lipinski definition) is 5. The highest BCUT2D eigenvalue weighted by atomic mass is 35.5. The molecule has 0 aliphatic carbocycles. The van der Waals surface area contributed by atoms with Crippen LogP contribution < -0.4 is 21.3 Å². The number of carbonyl (C=O) groups is 2. The molecule has 7 nitrogen and oxygen atoms in total. The minimum Gasteiger partial charge on any atom is -0.381 e. The van der Waals surface area contributed by atoms with Gasteiger partial charge in [0.05, 0.1) is 6.04 Å². The van der Waals surface area contributed by atoms with E-state index in [0.29, 0.717) is 13.2 Å². The summed E-state index contributed by atoms with van der Waals surface area (Å²) in [5, 5.41) is 5.63. The zero-order chi connectivity index (χ0) is 19.2. The lowest BCUT2D eigenvalue weighted by Gasteiger charge is -2.27. The third-order valence-electron chi connectivity index (χ3n) is 5.41. The van der Waals surface area contributed by atoms with Gasteiger partial charge in [-0.25, -0.2) is 0 Å². The van der Waals surface area contributed by atoms with E-state index in [1.807, 2.05) is 18.2 Å². The number of amides is 2. The summed E-state index contributed by atoms with van der Waals surface area (Å²) in [6.07, 6.45) is 3.96. The van der Waals surface area contributed by atoms with Gasteiger partial charge in [-0.3, -0.25) is 9.59 Å². The Bertz CT molecular complexity index is 665. The van der Waals surface area contributed by atoms with Crippen LogP contribution >= 0.6 is 24.8 Å². The fourth-order valence-electron chi connectivity index (χ4n) is 3.67. The molecule has 3 rings (SSSR count). The van der Waals surface area contributed by atoms with Gasteiger partial charge >= 0.3 is 0 Å². The number of rotatable bonds is 6. The predicted octanol–water partition coefficient (Wildman–Crippen LogP) is 2.33. The molecule has 1 aromatic rings. The summed E-state index contributed by atoms with van der Waals surface area (Å²) >= 11 is 0. The zero-order valence-corrected chi connectivity index (χ0v) is 18.4. The summed E-state index contributed by atoms with van der Waals surface area (Å²) in [5.41, 5.74) is 7.93. The van der Waals surface area contributed by atoms with Crippen LogP contribution in [0.1, 0.15) is 32.6 Å². The first-order valence-electron chi connectivity index (χ1n) is 9.84. The molecule has 1 aromatic carbocycles. The molecule has 0 spiro atoms. The van der Waals surface area contributed by atoms with Gasteiger partial charge in [-0.05, 0) is 56.7 Å². The number of anilines is 2. The Balaban J connectivity index is 0.00000210. The number of hydrogen-bond donors (Lipinski definition) is 3. The Morgan fingerprint density at radius 1 is 1.14 bits per heavy atom. The van der Waals surface area contributed by atoms with Gasteiger partial charge in [-0.2, -0.15) is 0 Å². The monoisotopic (exact) mass is 446 g/mol. The second kappa shape index (κ2) is 12.2. The predicted molar refractivity (Wildman–Crippen MR) is 120 cm³/mol. The molecule has 2 atom stereocenters. The molecule has 2 amide bonds. The Kier molecular flexibility index (Phi) is 10.7. The van der Waals surface area contributed by atoms with Crippen molar-refractivity contribution in [1.82, 2.24) is 5.32 Å². The van der Waals surface area contributed by atoms with Gasteiger partial charge in [-0.1, -0.05) is 6.07 Å². The fraction of sp³-hybridized carbons (Fsp3) is 0.600. The van der Waals surface area contributed by atoms with Crippen LogP contribution in [0.3, 0.4) is 0 Å². The molecule has 0 saturated carbocycles. The van der Waals surface area contributed by atoms with Crippen molar-refractivity contribution in [2.24, 2.45) is 11.7 Å². The molecule has 2 heterocycles. The van der Waals surface area contributed by atoms with Crippen molar-refractivity contribution in [3.05, 3.63) is 24.3 Å². The molecule has 4 N–H and O–H groups in total. The highest BCUT2D eigenvalue weighted by Crippen LogP contribution is 2.23. The molecule has 0 bridgehead atoms. The minimum absolute atomic E-state index is 0. The number of nitrogens with two attached hydrogens (primary N) is 1. The second-order valence-electron chi connectivity index (χ2n) is 7.44. The smallest absolute Gasteiger partial charge is 0.246 e. The SMILES string of the molecule is CC(NC(=O)C(N)C1CCOCC1)C(=O)Nc1cccc(N2CCCC2)c1.Cl.Cl. The molecular formula is C20H32Cl2N4O3. The maximum absolute atomic E-state index is 12.5. The van der Waals surface area contributed by atoms with Crippen molar-refractivity contribution < 1.29 is 14.3 Å². The Morgan fingerprint density at radius 2 is 1.79 bits per heavy atom. The molecule has 2 aliphatic rings. The summed E-state index contributed by atoms with van der Waals surface area (Å²) < 4.78 is 5.31. The molecule has 0 radical (unpaired) electrons. The normalized spacial score (nSPS) is 18.8. The minimum atomic E-state index is -0.654. The van der Waals surface area contributed by atoms with Crippen molar-refractivity contribution in [3.8, 4) is 0 Å². The molecular weight excluding hydrogens is 415 g/mol. The molecule has 0 aromatic heterocycles. The van der Waals surface area contributed by atoms with Crippen molar-refractivity contribution >= 4 is 48.0 Å². The van der Waals surface area contributed by atoms with Gasteiger partial charge in [0.25, 0.3) is 0 Å². The average Bonchev–Trinajstić information content (AvgIpc) is 3.23. The van der Waals surface area contributed by atoms with E-state index in [1.165, 1.54) is 12.8 Å². The number of nitrogens with one attached hydrogen (secondary N) is 2. The van der Waals surface area contributed by atoms with Gasteiger partial charge in [0.1, 0.15) is 6.04 Å². The summed E-state index contributed by atoms with van der Waals surface area (Å²) in [4.78, 5) is 27.2. The molecule has 2 unspecified atom stereocenters. The van der Waals surface area contributed by atoms with Crippen LogP contribution in [0.25, 0.3) is 0 Å². The van der Waals surface area contributed by atoms with Crippen molar-refractivity contribution in [1.29, 1.82) is 0 Å². The summed E-state index contributed by atoms with van der Waals surface area (Å²) in [5.74, 6) is -0.428. The van der Waals surface area contributed by atoms with Crippen LogP contribution in [0.5, 0.6) is 0 Å².